The van der Waals surface area contributed by atoms with Gasteiger partial charge < -0.3 is 15.4 Å². The van der Waals surface area contributed by atoms with Crippen molar-refractivity contribution in [1.82, 2.24) is 19.6 Å². The Labute approximate surface area is 109 Å². The average Bonchev–Trinajstić information content (AvgIpc) is 2.80. The summed E-state index contributed by atoms with van der Waals surface area (Å²) in [6, 6.07) is 2.00. The monoisotopic (exact) mass is 264 g/mol. The van der Waals surface area contributed by atoms with Crippen LogP contribution >= 0.6 is 0 Å². The highest BCUT2D eigenvalue weighted by molar-refractivity contribution is 5.51. The highest BCUT2D eigenvalue weighted by atomic mass is 16.5. The number of anilines is 1. The number of aromatic amines is 1. The van der Waals surface area contributed by atoms with Crippen LogP contribution in [0.2, 0.25) is 0 Å². The van der Waals surface area contributed by atoms with Crippen molar-refractivity contribution in [2.75, 3.05) is 24.6 Å². The molecule has 3 N–H and O–H groups in total. The molecule has 0 aliphatic carbocycles. The molecule has 2 aromatic rings. The van der Waals surface area contributed by atoms with Crippen molar-refractivity contribution in [3.63, 3.8) is 0 Å². The predicted molar refractivity (Wildman–Crippen MR) is 69.2 cm³/mol. The smallest absolute Gasteiger partial charge is 0.348 e. The van der Waals surface area contributed by atoms with Crippen molar-refractivity contribution >= 4 is 11.5 Å². The normalized spacial score (nSPS) is 24.0. The van der Waals surface area contributed by atoms with E-state index in [1.807, 2.05) is 0 Å². The lowest BCUT2D eigenvalue weighted by atomic mass is 10.2. The molecule has 8 nitrogen and oxygen atoms in total. The Hall–Kier alpha value is -1.93. The van der Waals surface area contributed by atoms with Gasteiger partial charge >= 0.3 is 5.69 Å². The Morgan fingerprint density at radius 1 is 1.63 bits per heavy atom. The summed E-state index contributed by atoms with van der Waals surface area (Å²) in [7, 11) is 0. The van der Waals surface area contributed by atoms with Gasteiger partial charge in [0.1, 0.15) is 12.1 Å². The lowest BCUT2D eigenvalue weighted by molar-refractivity contribution is 0.0280. The fourth-order valence-corrected chi connectivity index (χ4v) is 2.24. The fraction of sp³-hybridized carbons (Fsp3) is 0.545. The number of nitrogens with zero attached hydrogens (tertiary/aromatic N) is 4. The van der Waals surface area contributed by atoms with Crippen LogP contribution in [0.3, 0.4) is 0 Å². The Kier molecular flexibility index (Phi) is 2.96. The molecule has 0 bridgehead atoms. The van der Waals surface area contributed by atoms with Gasteiger partial charge in [-0.2, -0.15) is 5.10 Å². The molecule has 0 radical (unpaired) electrons. The second-order valence-electron chi connectivity index (χ2n) is 4.70. The predicted octanol–water partition coefficient (Wildman–Crippen LogP) is -1.03. The standard InChI is InChI=1S/C11H16N6O2/c1-7-5-19-8(3-12)4-16(7)9-2-10-14-15-11(18)17(10)6-13-9/h2,6-8H,3-5,12H2,1H3,(H,15,18). The number of ether oxygens (including phenoxy) is 1. The van der Waals surface area contributed by atoms with Gasteiger partial charge in [0, 0.05) is 19.2 Å². The quantitative estimate of drug-likeness (QED) is 0.719. The van der Waals surface area contributed by atoms with Crippen LogP contribution < -0.4 is 16.3 Å². The molecule has 2 atom stereocenters. The molecule has 1 saturated heterocycles. The van der Waals surface area contributed by atoms with Crippen LogP contribution in [-0.2, 0) is 4.74 Å². The lowest BCUT2D eigenvalue weighted by Crippen LogP contribution is -2.51. The van der Waals surface area contributed by atoms with E-state index < -0.39 is 0 Å². The van der Waals surface area contributed by atoms with Crippen LogP contribution in [0.5, 0.6) is 0 Å². The largest absolute Gasteiger partial charge is 0.373 e. The summed E-state index contributed by atoms with van der Waals surface area (Å²) in [4.78, 5) is 17.8. The molecule has 1 aliphatic heterocycles. The fourth-order valence-electron chi connectivity index (χ4n) is 2.24. The summed E-state index contributed by atoms with van der Waals surface area (Å²) >= 11 is 0. The van der Waals surface area contributed by atoms with Crippen molar-refractivity contribution in [3.05, 3.63) is 22.9 Å². The van der Waals surface area contributed by atoms with Crippen molar-refractivity contribution in [2.45, 2.75) is 19.1 Å². The summed E-state index contributed by atoms with van der Waals surface area (Å²) in [6.45, 7) is 3.85. The molecule has 3 heterocycles. The van der Waals surface area contributed by atoms with Gasteiger partial charge in [0.05, 0.1) is 18.8 Å². The minimum atomic E-state index is -0.288. The number of rotatable bonds is 2. The first kappa shape index (κ1) is 12.1. The van der Waals surface area contributed by atoms with Gasteiger partial charge in [-0.1, -0.05) is 0 Å². The second-order valence-corrected chi connectivity index (χ2v) is 4.70. The third-order valence-corrected chi connectivity index (χ3v) is 3.36. The minimum absolute atomic E-state index is 0.00982. The van der Waals surface area contributed by atoms with Crippen LogP contribution in [-0.4, -0.2) is 51.4 Å². The third-order valence-electron chi connectivity index (χ3n) is 3.36. The molecule has 2 unspecified atom stereocenters. The summed E-state index contributed by atoms with van der Waals surface area (Å²) in [5, 5.41) is 6.33. The van der Waals surface area contributed by atoms with Crippen molar-refractivity contribution in [1.29, 1.82) is 0 Å². The maximum atomic E-state index is 11.4. The average molecular weight is 264 g/mol. The zero-order valence-electron chi connectivity index (χ0n) is 10.6. The van der Waals surface area contributed by atoms with Crippen LogP contribution in [0.15, 0.2) is 17.2 Å². The second kappa shape index (κ2) is 4.63. The van der Waals surface area contributed by atoms with E-state index in [2.05, 4.69) is 27.0 Å². The molecule has 102 valence electrons. The molecule has 0 aromatic carbocycles. The van der Waals surface area contributed by atoms with E-state index in [0.717, 1.165) is 5.82 Å². The first-order chi connectivity index (χ1) is 9.19. The topological polar surface area (TPSA) is 102 Å². The Morgan fingerprint density at radius 3 is 3.26 bits per heavy atom. The van der Waals surface area contributed by atoms with Gasteiger partial charge in [-0.25, -0.2) is 19.3 Å². The summed E-state index contributed by atoms with van der Waals surface area (Å²) in [5.41, 5.74) is 5.91. The van der Waals surface area contributed by atoms with Gasteiger partial charge in [0.25, 0.3) is 0 Å². The highest BCUT2D eigenvalue weighted by Crippen LogP contribution is 2.19. The summed E-state index contributed by atoms with van der Waals surface area (Å²) in [6.07, 6.45) is 1.49. The van der Waals surface area contributed by atoms with E-state index in [9.17, 15) is 4.79 Å². The minimum Gasteiger partial charge on any atom is -0.373 e. The molecule has 0 spiro atoms. The van der Waals surface area contributed by atoms with Crippen molar-refractivity contribution in [2.24, 2.45) is 5.73 Å². The number of fused-ring (bicyclic) bond motifs is 1. The van der Waals surface area contributed by atoms with E-state index >= 15 is 0 Å². The summed E-state index contributed by atoms with van der Waals surface area (Å²) in [5.74, 6) is 0.778. The number of hydrogen-bond donors (Lipinski definition) is 2. The van der Waals surface area contributed by atoms with Gasteiger partial charge in [-0.15, -0.1) is 0 Å². The molecule has 1 aliphatic rings. The molecule has 19 heavy (non-hydrogen) atoms. The SMILES string of the molecule is CC1COC(CN)CN1c1cc2n[nH]c(=O)n2cn1. The van der Waals surface area contributed by atoms with Crippen LogP contribution in [0.25, 0.3) is 5.65 Å². The van der Waals surface area contributed by atoms with Crippen LogP contribution in [0, 0.1) is 0 Å². The Morgan fingerprint density at radius 2 is 2.47 bits per heavy atom. The van der Waals surface area contributed by atoms with Crippen molar-refractivity contribution in [3.8, 4) is 0 Å². The van der Waals surface area contributed by atoms with Crippen LogP contribution in [0.1, 0.15) is 6.92 Å². The molecule has 0 amide bonds. The van der Waals surface area contributed by atoms with E-state index in [0.29, 0.717) is 25.3 Å². The molecule has 8 heteroatoms. The number of hydrogen-bond acceptors (Lipinski definition) is 6. The molecule has 2 aromatic heterocycles. The Balaban J connectivity index is 1.95. The number of nitrogens with two attached hydrogens (primary N) is 1. The van der Waals surface area contributed by atoms with Crippen LogP contribution in [0.4, 0.5) is 5.82 Å². The third kappa shape index (κ3) is 2.08. The Bertz CT molecular complexity index is 635. The van der Waals surface area contributed by atoms with E-state index in [1.54, 1.807) is 6.07 Å². The molecule has 3 rings (SSSR count). The zero-order chi connectivity index (χ0) is 13.4. The highest BCUT2D eigenvalue weighted by Gasteiger charge is 2.26. The van der Waals surface area contributed by atoms with Gasteiger partial charge in [0.15, 0.2) is 5.65 Å². The molecule has 0 saturated carbocycles. The summed E-state index contributed by atoms with van der Waals surface area (Å²) < 4.78 is 6.98. The van der Waals surface area contributed by atoms with Gasteiger partial charge in [-0.05, 0) is 6.92 Å². The first-order valence-electron chi connectivity index (χ1n) is 6.20. The zero-order valence-corrected chi connectivity index (χ0v) is 10.6. The number of nitrogens with one attached hydrogen (secondary N) is 1. The number of morpholine rings is 1. The number of aromatic nitrogens is 4. The van der Waals surface area contributed by atoms with E-state index in [1.165, 1.54) is 10.7 Å². The molecule has 1 fully saturated rings. The van der Waals surface area contributed by atoms with E-state index in [-0.39, 0.29) is 17.8 Å². The van der Waals surface area contributed by atoms with Gasteiger partial charge in [0.2, 0.25) is 0 Å². The molecular formula is C11H16N6O2. The maximum absolute atomic E-state index is 11.4. The first-order valence-corrected chi connectivity index (χ1v) is 6.20. The number of H-pyrrole nitrogens is 1. The van der Waals surface area contributed by atoms with Gasteiger partial charge in [-0.3, -0.25) is 0 Å². The molecular weight excluding hydrogens is 248 g/mol. The van der Waals surface area contributed by atoms with Crippen molar-refractivity contribution < 1.29 is 4.74 Å². The maximum Gasteiger partial charge on any atom is 0.348 e. The lowest BCUT2D eigenvalue weighted by Gasteiger charge is -2.38. The van der Waals surface area contributed by atoms with E-state index in [4.69, 9.17) is 10.5 Å².